The zero-order valence-corrected chi connectivity index (χ0v) is 14.8. The molecule has 0 aliphatic heterocycles. The maximum Gasteiger partial charge on any atom is 0.329 e. The van der Waals surface area contributed by atoms with Crippen LogP contribution in [-0.4, -0.2) is 28.4 Å². The lowest BCUT2D eigenvalue weighted by Gasteiger charge is -2.24. The maximum absolute atomic E-state index is 12.2. The SMILES string of the molecule is CCC(C)(NC(=O)c1ccc(CNC(=O)C2CCCC2)cc1)C(=O)O. The highest BCUT2D eigenvalue weighted by atomic mass is 16.4. The van der Waals surface area contributed by atoms with Crippen molar-refractivity contribution in [3.63, 3.8) is 0 Å². The van der Waals surface area contributed by atoms with Gasteiger partial charge in [0, 0.05) is 18.0 Å². The Balaban J connectivity index is 1.91. The Hall–Kier alpha value is -2.37. The summed E-state index contributed by atoms with van der Waals surface area (Å²) < 4.78 is 0. The number of carboxylic acids is 1. The number of nitrogens with one attached hydrogen (secondary N) is 2. The van der Waals surface area contributed by atoms with Crippen molar-refractivity contribution in [3.8, 4) is 0 Å². The third-order valence-electron chi connectivity index (χ3n) is 4.98. The molecule has 3 N–H and O–H groups in total. The number of aliphatic carboxylic acids is 1. The Bertz CT molecular complexity index is 635. The predicted octanol–water partition coefficient (Wildman–Crippen LogP) is 2.48. The zero-order chi connectivity index (χ0) is 18.4. The van der Waals surface area contributed by atoms with E-state index in [-0.39, 0.29) is 11.8 Å². The number of hydrogen-bond donors (Lipinski definition) is 3. The van der Waals surface area contributed by atoms with Crippen molar-refractivity contribution in [2.45, 2.75) is 58.0 Å². The van der Waals surface area contributed by atoms with Crippen molar-refractivity contribution in [2.24, 2.45) is 5.92 Å². The van der Waals surface area contributed by atoms with Gasteiger partial charge in [0.2, 0.25) is 5.91 Å². The van der Waals surface area contributed by atoms with Crippen molar-refractivity contribution < 1.29 is 19.5 Å². The number of carbonyl (C=O) groups excluding carboxylic acids is 2. The van der Waals surface area contributed by atoms with E-state index in [0.717, 1.165) is 31.2 Å². The summed E-state index contributed by atoms with van der Waals surface area (Å²) in [4.78, 5) is 35.5. The minimum absolute atomic E-state index is 0.0968. The average molecular weight is 346 g/mol. The second kappa shape index (κ2) is 8.14. The first-order chi connectivity index (χ1) is 11.9. The molecule has 2 amide bonds. The maximum atomic E-state index is 12.2. The van der Waals surface area contributed by atoms with Crippen LogP contribution in [-0.2, 0) is 16.1 Å². The topological polar surface area (TPSA) is 95.5 Å². The normalized spacial score (nSPS) is 16.9. The van der Waals surface area contributed by atoms with Gasteiger partial charge in [-0.3, -0.25) is 9.59 Å². The molecular weight excluding hydrogens is 320 g/mol. The van der Waals surface area contributed by atoms with Crippen LogP contribution in [0.3, 0.4) is 0 Å². The van der Waals surface area contributed by atoms with E-state index in [4.69, 9.17) is 0 Å². The van der Waals surface area contributed by atoms with Gasteiger partial charge in [-0.2, -0.15) is 0 Å². The van der Waals surface area contributed by atoms with Gasteiger partial charge in [0.25, 0.3) is 5.91 Å². The summed E-state index contributed by atoms with van der Waals surface area (Å²) in [6, 6.07) is 6.83. The summed E-state index contributed by atoms with van der Waals surface area (Å²) >= 11 is 0. The van der Waals surface area contributed by atoms with Crippen LogP contribution >= 0.6 is 0 Å². The Morgan fingerprint density at radius 2 is 1.76 bits per heavy atom. The van der Waals surface area contributed by atoms with Crippen LogP contribution in [0.5, 0.6) is 0 Å². The summed E-state index contributed by atoms with van der Waals surface area (Å²) in [5.41, 5.74) is 0.0107. The van der Waals surface area contributed by atoms with Gasteiger partial charge in [0.1, 0.15) is 5.54 Å². The molecule has 25 heavy (non-hydrogen) atoms. The van der Waals surface area contributed by atoms with Gasteiger partial charge in [-0.05, 0) is 43.9 Å². The van der Waals surface area contributed by atoms with Crippen LogP contribution in [0, 0.1) is 5.92 Å². The molecule has 1 aromatic rings. The molecule has 0 radical (unpaired) electrons. The molecule has 1 aliphatic rings. The lowest BCUT2D eigenvalue weighted by atomic mass is 9.98. The first-order valence-corrected chi connectivity index (χ1v) is 8.78. The van der Waals surface area contributed by atoms with E-state index in [0.29, 0.717) is 18.5 Å². The van der Waals surface area contributed by atoms with Gasteiger partial charge in [-0.25, -0.2) is 4.79 Å². The van der Waals surface area contributed by atoms with Gasteiger partial charge in [-0.1, -0.05) is 31.9 Å². The highest BCUT2D eigenvalue weighted by Gasteiger charge is 2.33. The molecule has 0 aromatic heterocycles. The predicted molar refractivity (Wildman–Crippen MR) is 94.0 cm³/mol. The molecule has 0 heterocycles. The molecule has 136 valence electrons. The smallest absolute Gasteiger partial charge is 0.329 e. The van der Waals surface area contributed by atoms with Gasteiger partial charge >= 0.3 is 5.97 Å². The molecule has 1 aromatic carbocycles. The summed E-state index contributed by atoms with van der Waals surface area (Å²) in [6.07, 6.45) is 4.46. The van der Waals surface area contributed by atoms with E-state index in [9.17, 15) is 19.5 Å². The second-order valence-electron chi connectivity index (χ2n) is 6.84. The van der Waals surface area contributed by atoms with E-state index < -0.39 is 17.4 Å². The molecular formula is C19H26N2O4. The van der Waals surface area contributed by atoms with E-state index in [1.807, 2.05) is 0 Å². The zero-order valence-electron chi connectivity index (χ0n) is 14.8. The van der Waals surface area contributed by atoms with Crippen LogP contribution in [0.25, 0.3) is 0 Å². The third kappa shape index (κ3) is 4.81. The van der Waals surface area contributed by atoms with Gasteiger partial charge < -0.3 is 15.7 Å². The quantitative estimate of drug-likeness (QED) is 0.707. The molecule has 2 rings (SSSR count). The van der Waals surface area contributed by atoms with Crippen molar-refractivity contribution in [2.75, 3.05) is 0 Å². The fourth-order valence-electron chi connectivity index (χ4n) is 2.91. The Morgan fingerprint density at radius 1 is 1.16 bits per heavy atom. The summed E-state index contributed by atoms with van der Waals surface area (Å²) in [7, 11) is 0. The number of carbonyl (C=O) groups is 3. The average Bonchev–Trinajstić information content (AvgIpc) is 3.14. The van der Waals surface area contributed by atoms with E-state index in [2.05, 4.69) is 10.6 Å². The molecule has 0 saturated heterocycles. The number of benzene rings is 1. The fraction of sp³-hybridized carbons (Fsp3) is 0.526. The summed E-state index contributed by atoms with van der Waals surface area (Å²) in [5.74, 6) is -1.25. The van der Waals surface area contributed by atoms with Crippen LogP contribution in [0.4, 0.5) is 0 Å². The van der Waals surface area contributed by atoms with Crippen molar-refractivity contribution in [1.29, 1.82) is 0 Å². The largest absolute Gasteiger partial charge is 0.480 e. The minimum Gasteiger partial charge on any atom is -0.480 e. The molecule has 1 unspecified atom stereocenters. The van der Waals surface area contributed by atoms with Crippen LogP contribution in [0.2, 0.25) is 0 Å². The number of rotatable bonds is 7. The molecule has 1 fully saturated rings. The standard InChI is InChI=1S/C19H26N2O4/c1-3-19(2,18(24)25)21-17(23)15-10-8-13(9-11-15)12-20-16(22)14-6-4-5-7-14/h8-11,14H,3-7,12H2,1-2H3,(H,20,22)(H,21,23)(H,24,25). The minimum atomic E-state index is -1.29. The molecule has 1 atom stereocenters. The molecule has 1 aliphatic carbocycles. The van der Waals surface area contributed by atoms with E-state index >= 15 is 0 Å². The van der Waals surface area contributed by atoms with Crippen molar-refractivity contribution in [1.82, 2.24) is 10.6 Å². The molecule has 0 bridgehead atoms. The van der Waals surface area contributed by atoms with Gasteiger partial charge in [0.05, 0.1) is 0 Å². The summed E-state index contributed by atoms with van der Waals surface area (Å²) in [6.45, 7) is 3.63. The first-order valence-electron chi connectivity index (χ1n) is 8.78. The van der Waals surface area contributed by atoms with Crippen molar-refractivity contribution >= 4 is 17.8 Å². The van der Waals surface area contributed by atoms with Gasteiger partial charge in [0.15, 0.2) is 0 Å². The van der Waals surface area contributed by atoms with Crippen LogP contribution in [0.15, 0.2) is 24.3 Å². The Labute approximate surface area is 148 Å². The lowest BCUT2D eigenvalue weighted by Crippen LogP contribution is -2.51. The number of amides is 2. The number of carboxylic acid groups (broad SMARTS) is 1. The molecule has 6 nitrogen and oxygen atoms in total. The Morgan fingerprint density at radius 3 is 2.28 bits per heavy atom. The second-order valence-corrected chi connectivity index (χ2v) is 6.84. The van der Waals surface area contributed by atoms with Gasteiger partial charge in [-0.15, -0.1) is 0 Å². The van der Waals surface area contributed by atoms with E-state index in [1.54, 1.807) is 31.2 Å². The molecule has 1 saturated carbocycles. The summed E-state index contributed by atoms with van der Waals surface area (Å²) in [5, 5.41) is 14.7. The van der Waals surface area contributed by atoms with Crippen molar-refractivity contribution in [3.05, 3.63) is 35.4 Å². The highest BCUT2D eigenvalue weighted by molar-refractivity contribution is 5.97. The lowest BCUT2D eigenvalue weighted by molar-refractivity contribution is -0.143. The fourth-order valence-corrected chi connectivity index (χ4v) is 2.91. The third-order valence-corrected chi connectivity index (χ3v) is 4.98. The van der Waals surface area contributed by atoms with E-state index in [1.165, 1.54) is 6.92 Å². The first kappa shape index (κ1) is 19.0. The van der Waals surface area contributed by atoms with Crippen LogP contribution < -0.4 is 10.6 Å². The van der Waals surface area contributed by atoms with Crippen LogP contribution in [0.1, 0.15) is 61.9 Å². The molecule has 6 heteroatoms. The number of hydrogen-bond acceptors (Lipinski definition) is 3. The molecule has 0 spiro atoms. The highest BCUT2D eigenvalue weighted by Crippen LogP contribution is 2.24. The Kier molecular flexibility index (Phi) is 6.17. The monoisotopic (exact) mass is 346 g/mol.